The van der Waals surface area contributed by atoms with E-state index >= 15 is 0 Å². The van der Waals surface area contributed by atoms with Gasteiger partial charge in [-0.3, -0.25) is 0 Å². The van der Waals surface area contributed by atoms with Gasteiger partial charge in [-0.15, -0.1) is 0 Å². The van der Waals surface area contributed by atoms with E-state index in [1.807, 2.05) is 0 Å². The average Bonchev–Trinajstić information content (AvgIpc) is 3.71. The zero-order chi connectivity index (χ0) is 42.5. The number of benzene rings is 4. The van der Waals surface area contributed by atoms with Crippen molar-refractivity contribution >= 4 is 25.0 Å². The predicted molar refractivity (Wildman–Crippen MR) is 255 cm³/mol. The van der Waals surface area contributed by atoms with Gasteiger partial charge in [0.25, 0.3) is 0 Å². The van der Waals surface area contributed by atoms with E-state index in [0.29, 0.717) is 0 Å². The molecule has 0 bridgehead atoms. The Hall–Kier alpha value is -3.98. The quantitative estimate of drug-likeness (QED) is 0.164. The second kappa shape index (κ2) is 14.8. The summed E-state index contributed by atoms with van der Waals surface area (Å²) in [5.41, 5.74) is 16.2. The van der Waals surface area contributed by atoms with E-state index < -0.39 is 29.2 Å². The summed E-state index contributed by atoms with van der Waals surface area (Å²) in [6, 6.07) is 23.8. The van der Waals surface area contributed by atoms with Crippen molar-refractivity contribution in [2.75, 3.05) is 0 Å². The van der Waals surface area contributed by atoms with E-state index in [9.17, 15) is 0 Å². The van der Waals surface area contributed by atoms with Crippen molar-refractivity contribution in [2.45, 2.75) is 131 Å². The van der Waals surface area contributed by atoms with E-state index in [1.165, 1.54) is 73.3 Å². The van der Waals surface area contributed by atoms with Crippen molar-refractivity contribution in [2.24, 2.45) is 0 Å². The summed E-state index contributed by atoms with van der Waals surface area (Å²) in [6.45, 7) is 28.5. The third kappa shape index (κ3) is 6.40. The minimum absolute atomic E-state index is 0.142. The number of rotatable bonds is 8. The third-order valence-electron chi connectivity index (χ3n) is 13.8. The summed E-state index contributed by atoms with van der Waals surface area (Å²) in [5.74, 6) is 2.21. The fourth-order valence-corrected chi connectivity index (χ4v) is 26.1. The number of hydrogen-bond donors (Lipinski definition) is 0. The van der Waals surface area contributed by atoms with Crippen LogP contribution in [0.2, 0.25) is 13.1 Å². The van der Waals surface area contributed by atoms with E-state index in [1.54, 1.807) is 10.4 Å². The Morgan fingerprint density at radius 1 is 0.567 bits per heavy atom. The molecule has 5 aliphatic rings. The van der Waals surface area contributed by atoms with Crippen LogP contribution in [-0.2, 0) is 44.8 Å². The molecule has 2 unspecified atom stereocenters. The summed E-state index contributed by atoms with van der Waals surface area (Å²) >= 11 is -5.22. The van der Waals surface area contributed by atoms with Crippen LogP contribution in [-0.4, -0.2) is 8.07 Å². The number of allylic oxidation sites excluding steroid dienone is 10. The Bertz CT molecular complexity index is 2460. The number of hydrogen-bond acceptors (Lipinski definition) is 2. The molecule has 9 rings (SSSR count). The van der Waals surface area contributed by atoms with Crippen LogP contribution in [0.1, 0.15) is 136 Å². The van der Waals surface area contributed by atoms with Crippen molar-refractivity contribution in [1.82, 2.24) is 0 Å². The molecular weight excluding hydrogens is 824 g/mol. The molecule has 1 aliphatic heterocycles. The Morgan fingerprint density at radius 3 is 1.37 bits per heavy atom. The average molecular weight is 888 g/mol. The van der Waals surface area contributed by atoms with Gasteiger partial charge < -0.3 is 0 Å². The van der Waals surface area contributed by atoms with Gasteiger partial charge in [-0.2, -0.15) is 0 Å². The van der Waals surface area contributed by atoms with Crippen LogP contribution in [0.3, 0.4) is 0 Å². The minimum atomic E-state index is -5.22. The molecule has 0 saturated carbocycles. The SMILES string of the molecule is CCCc1ccc2c3c1[Si](C)(C)c1c(CCC)ccc4c1[C](=C1C=CC=CC14)[Zr]([O]c1ccc(C)cc1C(C)(C)C)([O]c1ccc(C)cc1C(C)(C)C)[C]3=C1C=CC=CC12. The molecule has 0 spiro atoms. The van der Waals surface area contributed by atoms with E-state index in [-0.39, 0.29) is 22.7 Å². The molecule has 4 aromatic rings. The second-order valence-corrected chi connectivity index (χ2v) is 31.4. The number of fused-ring (bicyclic) bond motifs is 4. The molecule has 0 N–H and O–H groups in total. The zero-order valence-corrected chi connectivity index (χ0v) is 41.6. The van der Waals surface area contributed by atoms with Gasteiger partial charge in [-0.25, -0.2) is 0 Å². The van der Waals surface area contributed by atoms with Gasteiger partial charge in [0.15, 0.2) is 0 Å². The predicted octanol–water partition coefficient (Wildman–Crippen LogP) is 13.7. The van der Waals surface area contributed by atoms with E-state index in [4.69, 9.17) is 5.63 Å². The van der Waals surface area contributed by atoms with Gasteiger partial charge in [-0.05, 0) is 0 Å². The first-order valence-electron chi connectivity index (χ1n) is 22.6. The van der Waals surface area contributed by atoms with Crippen LogP contribution in [0.4, 0.5) is 0 Å². The van der Waals surface area contributed by atoms with Crippen molar-refractivity contribution < 1.29 is 26.8 Å². The summed E-state index contributed by atoms with van der Waals surface area (Å²) in [6.07, 6.45) is 23.2. The summed E-state index contributed by atoms with van der Waals surface area (Å²) < 4.78 is 19.8. The number of aryl methyl sites for hydroxylation is 4. The van der Waals surface area contributed by atoms with Crippen LogP contribution in [0.5, 0.6) is 11.5 Å². The maximum atomic E-state index is 8.52. The van der Waals surface area contributed by atoms with Crippen LogP contribution in [0.25, 0.3) is 6.56 Å². The second-order valence-electron chi connectivity index (χ2n) is 20.7. The molecule has 60 heavy (non-hydrogen) atoms. The molecule has 2 nitrogen and oxygen atoms in total. The van der Waals surface area contributed by atoms with Crippen molar-refractivity contribution in [1.29, 1.82) is 0 Å². The van der Waals surface area contributed by atoms with E-state index in [2.05, 4.69) is 192 Å². The van der Waals surface area contributed by atoms with E-state index in [0.717, 1.165) is 37.2 Å². The first-order chi connectivity index (χ1) is 28.5. The molecule has 0 radical (unpaired) electrons. The molecule has 0 amide bonds. The fourth-order valence-electron chi connectivity index (χ4n) is 11.3. The van der Waals surface area contributed by atoms with Crippen LogP contribution in [0.15, 0.2) is 120 Å². The molecule has 0 saturated heterocycles. The van der Waals surface area contributed by atoms with Crippen molar-refractivity contribution in [3.05, 3.63) is 176 Å². The Morgan fingerprint density at radius 2 is 0.983 bits per heavy atom. The molecule has 308 valence electrons. The topological polar surface area (TPSA) is 18.5 Å². The van der Waals surface area contributed by atoms with Gasteiger partial charge in [0.05, 0.1) is 0 Å². The van der Waals surface area contributed by atoms with Crippen LogP contribution >= 0.6 is 0 Å². The van der Waals surface area contributed by atoms with Gasteiger partial charge >= 0.3 is 370 Å². The Labute approximate surface area is 367 Å². The molecule has 4 aromatic carbocycles. The van der Waals surface area contributed by atoms with Gasteiger partial charge in [-0.1, -0.05) is 0 Å². The summed E-state index contributed by atoms with van der Waals surface area (Å²) in [4.78, 5) is 0. The van der Waals surface area contributed by atoms with Crippen LogP contribution in [0, 0.1) is 13.8 Å². The molecule has 0 fully saturated rings. The normalized spacial score (nSPS) is 20.1. The Kier molecular flexibility index (Phi) is 10.2. The van der Waals surface area contributed by atoms with Crippen molar-refractivity contribution in [3.63, 3.8) is 0 Å². The van der Waals surface area contributed by atoms with Crippen LogP contribution < -0.4 is 16.0 Å². The molecule has 1 heterocycles. The first-order valence-corrected chi connectivity index (χ1v) is 30.1. The molecule has 4 aliphatic carbocycles. The standard InChI is InChI=1S/C34H34Si.2C11H16O.Zr/c1-5-11-23-17-19-29-27-15-9-7-13-25(27)21-31(29)33(23)35(3,4)34-24(12-6-2)18-20-30-28-16-10-8-14-26(28)22-32(30)34;2*1-8-5-6-10(12)9(7-8)11(2,3)4;/h7-10,13-20,27-28H,5-6,11-12H2,1-4H3;2*5-7,12H,1-4H3;/q;;;+2/p-2. The molecule has 4 heteroatoms. The molecule has 0 aromatic heterocycles. The maximum absolute atomic E-state index is 8.52. The summed E-state index contributed by atoms with van der Waals surface area (Å²) in [5, 5.41) is 3.23. The summed E-state index contributed by atoms with van der Waals surface area (Å²) in [7, 11) is -2.46. The van der Waals surface area contributed by atoms with Gasteiger partial charge in [0, 0.05) is 0 Å². The molecule has 2 atom stereocenters. The Balaban J connectivity index is 1.55. The molecular formula is C56H64O2SiZr. The zero-order valence-electron chi connectivity index (χ0n) is 38.2. The van der Waals surface area contributed by atoms with Gasteiger partial charge in [0.1, 0.15) is 0 Å². The first kappa shape index (κ1) is 41.4. The third-order valence-corrected chi connectivity index (χ3v) is 25.8. The van der Waals surface area contributed by atoms with Crippen molar-refractivity contribution in [3.8, 4) is 11.5 Å². The monoisotopic (exact) mass is 886 g/mol. The fraction of sp³-hybridized carbons (Fsp3) is 0.357. The van der Waals surface area contributed by atoms with Gasteiger partial charge in [0.2, 0.25) is 0 Å².